The smallest absolute Gasteiger partial charge is 0.315 e. The fourth-order valence-corrected chi connectivity index (χ4v) is 2.18. The van der Waals surface area contributed by atoms with Crippen molar-refractivity contribution in [3.8, 4) is 17.6 Å². The lowest BCUT2D eigenvalue weighted by Crippen LogP contribution is -2.23. The number of benzene rings is 2. The summed E-state index contributed by atoms with van der Waals surface area (Å²) < 4.78 is 4.89. The highest BCUT2D eigenvalue weighted by atomic mass is 16.6. The number of nitrogens with zero attached hydrogens (tertiary/aromatic N) is 2. The van der Waals surface area contributed by atoms with Crippen LogP contribution in [0.4, 0.5) is 5.69 Å². The predicted octanol–water partition coefficient (Wildman–Crippen LogP) is 2.53. The number of hydrogen-bond acceptors (Lipinski definition) is 6. The lowest BCUT2D eigenvalue weighted by atomic mass is 10.1. The van der Waals surface area contributed by atoms with E-state index in [1.54, 1.807) is 6.07 Å². The largest absolute Gasteiger partial charge is 0.500 e. The Morgan fingerprint density at radius 2 is 2.08 bits per heavy atom. The zero-order valence-corrected chi connectivity index (χ0v) is 13.8. The monoisotopic (exact) mass is 353 g/mol. The van der Waals surface area contributed by atoms with E-state index in [4.69, 9.17) is 4.74 Å². The molecule has 8 nitrogen and oxygen atoms in total. The fraction of sp³-hybridized carbons (Fsp3) is 0.111. The van der Waals surface area contributed by atoms with Crippen LogP contribution in [0, 0.1) is 21.4 Å². The van der Waals surface area contributed by atoms with E-state index in [9.17, 15) is 25.3 Å². The van der Waals surface area contributed by atoms with Gasteiger partial charge in [-0.1, -0.05) is 30.3 Å². The first-order chi connectivity index (χ1) is 12.5. The Kier molecular flexibility index (Phi) is 5.90. The van der Waals surface area contributed by atoms with E-state index in [1.807, 2.05) is 30.3 Å². The van der Waals surface area contributed by atoms with E-state index in [0.717, 1.165) is 11.6 Å². The molecular formula is C18H15N3O5. The predicted molar refractivity (Wildman–Crippen MR) is 93.2 cm³/mol. The summed E-state index contributed by atoms with van der Waals surface area (Å²) in [7, 11) is 1.24. The fourth-order valence-electron chi connectivity index (χ4n) is 2.18. The zero-order chi connectivity index (χ0) is 19.1. The molecule has 0 aromatic heterocycles. The Morgan fingerprint density at radius 1 is 1.38 bits per heavy atom. The first kappa shape index (κ1) is 18.5. The molecule has 8 heteroatoms. The molecular weight excluding hydrogens is 338 g/mol. The zero-order valence-electron chi connectivity index (χ0n) is 13.8. The number of hydrogen-bond donors (Lipinski definition) is 2. The first-order valence-electron chi connectivity index (χ1n) is 7.45. The summed E-state index contributed by atoms with van der Waals surface area (Å²) in [5, 5.41) is 32.6. The maximum Gasteiger partial charge on any atom is 0.315 e. The van der Waals surface area contributed by atoms with Gasteiger partial charge in [-0.3, -0.25) is 14.9 Å². The Balaban J connectivity index is 2.27. The Hall–Kier alpha value is -3.86. The van der Waals surface area contributed by atoms with E-state index in [2.05, 4.69) is 5.32 Å². The van der Waals surface area contributed by atoms with Gasteiger partial charge >= 0.3 is 5.69 Å². The molecule has 132 valence electrons. The number of nitro benzene ring substituents is 1. The van der Waals surface area contributed by atoms with Crippen molar-refractivity contribution < 1.29 is 19.6 Å². The quantitative estimate of drug-likeness (QED) is 0.356. The summed E-state index contributed by atoms with van der Waals surface area (Å²) in [6.07, 6.45) is 1.19. The number of carbonyl (C=O) groups excluding carboxylic acids is 1. The van der Waals surface area contributed by atoms with Gasteiger partial charge in [-0.05, 0) is 23.3 Å². The highest BCUT2D eigenvalue weighted by Gasteiger charge is 2.20. The summed E-state index contributed by atoms with van der Waals surface area (Å²) in [5.41, 5.74) is 0.221. The average Bonchev–Trinajstić information content (AvgIpc) is 2.65. The van der Waals surface area contributed by atoms with Crippen LogP contribution in [-0.4, -0.2) is 23.0 Å². The number of rotatable bonds is 6. The summed E-state index contributed by atoms with van der Waals surface area (Å²) >= 11 is 0. The van der Waals surface area contributed by atoms with Crippen molar-refractivity contribution in [1.29, 1.82) is 5.26 Å². The maximum atomic E-state index is 12.2. The lowest BCUT2D eigenvalue weighted by molar-refractivity contribution is -0.386. The number of methoxy groups -OCH3 is 1. The molecule has 26 heavy (non-hydrogen) atoms. The normalized spacial score (nSPS) is 10.7. The summed E-state index contributed by atoms with van der Waals surface area (Å²) in [6.45, 7) is 0.234. The van der Waals surface area contributed by atoms with E-state index >= 15 is 0 Å². The van der Waals surface area contributed by atoms with Crippen LogP contribution in [-0.2, 0) is 11.3 Å². The molecule has 0 aliphatic heterocycles. The number of ether oxygens (including phenoxy) is 1. The van der Waals surface area contributed by atoms with E-state index < -0.39 is 22.3 Å². The molecule has 0 saturated carbocycles. The molecule has 2 aromatic rings. The van der Waals surface area contributed by atoms with Crippen LogP contribution in [0.25, 0.3) is 6.08 Å². The molecule has 2 N–H and O–H groups in total. The highest BCUT2D eigenvalue weighted by Crippen LogP contribution is 2.37. The number of nitriles is 1. The summed E-state index contributed by atoms with van der Waals surface area (Å²) in [5.74, 6) is -1.37. The highest BCUT2D eigenvalue weighted by molar-refractivity contribution is 6.01. The minimum Gasteiger partial charge on any atom is -0.500 e. The van der Waals surface area contributed by atoms with Gasteiger partial charge in [0.15, 0.2) is 5.75 Å². The molecule has 0 aliphatic carbocycles. The third-order valence-electron chi connectivity index (χ3n) is 3.47. The molecule has 0 saturated heterocycles. The van der Waals surface area contributed by atoms with Crippen LogP contribution in [0.15, 0.2) is 48.0 Å². The molecule has 1 amide bonds. The Bertz CT molecular complexity index is 901. The van der Waals surface area contributed by atoms with E-state index in [-0.39, 0.29) is 23.4 Å². The van der Waals surface area contributed by atoms with Crippen molar-refractivity contribution in [3.63, 3.8) is 0 Å². The van der Waals surface area contributed by atoms with Crippen LogP contribution >= 0.6 is 0 Å². The average molecular weight is 353 g/mol. The van der Waals surface area contributed by atoms with Crippen molar-refractivity contribution in [2.24, 2.45) is 0 Å². The number of nitro groups is 1. The van der Waals surface area contributed by atoms with Crippen molar-refractivity contribution in [2.75, 3.05) is 7.11 Å². The summed E-state index contributed by atoms with van der Waals surface area (Å²) in [6, 6.07) is 13.3. The summed E-state index contributed by atoms with van der Waals surface area (Å²) in [4.78, 5) is 22.4. The minimum atomic E-state index is -0.781. The number of phenolic OH excluding ortho intramolecular Hbond substituents is 1. The van der Waals surface area contributed by atoms with Crippen LogP contribution < -0.4 is 10.1 Å². The Morgan fingerprint density at radius 3 is 2.65 bits per heavy atom. The number of amides is 1. The van der Waals surface area contributed by atoms with Crippen LogP contribution in [0.5, 0.6) is 11.5 Å². The second-order valence-electron chi connectivity index (χ2n) is 5.19. The minimum absolute atomic E-state index is 0.132. The molecule has 0 radical (unpaired) electrons. The second kappa shape index (κ2) is 8.30. The molecule has 0 aliphatic rings. The van der Waals surface area contributed by atoms with Gasteiger partial charge in [-0.2, -0.15) is 5.26 Å². The van der Waals surface area contributed by atoms with Crippen molar-refractivity contribution >= 4 is 17.7 Å². The van der Waals surface area contributed by atoms with Gasteiger partial charge in [0.25, 0.3) is 5.91 Å². The van der Waals surface area contributed by atoms with Gasteiger partial charge < -0.3 is 15.2 Å². The third-order valence-corrected chi connectivity index (χ3v) is 3.47. The van der Waals surface area contributed by atoms with E-state index in [0.29, 0.717) is 0 Å². The van der Waals surface area contributed by atoms with Gasteiger partial charge in [0.2, 0.25) is 5.75 Å². The standard InChI is InChI=1S/C18H15N3O5/c1-26-16-9-13(8-15(17(16)22)21(24)25)7-14(10-19)18(23)20-11-12-5-3-2-4-6-12/h2-9,22H,11H2,1H3,(H,20,23)/b14-7-. The molecule has 2 rings (SSSR count). The molecule has 0 heterocycles. The third kappa shape index (κ3) is 4.36. The Labute approximate surface area is 149 Å². The van der Waals surface area contributed by atoms with Gasteiger partial charge in [-0.25, -0.2) is 0 Å². The topological polar surface area (TPSA) is 125 Å². The van der Waals surface area contributed by atoms with Crippen LogP contribution in [0.3, 0.4) is 0 Å². The SMILES string of the molecule is COc1cc(/C=C(/C#N)C(=O)NCc2ccccc2)cc([N+](=O)[O-])c1O. The van der Waals surface area contributed by atoms with Gasteiger partial charge in [0.1, 0.15) is 11.6 Å². The number of carbonyl (C=O) groups is 1. The molecule has 0 atom stereocenters. The molecule has 2 aromatic carbocycles. The molecule has 0 fully saturated rings. The number of phenols is 1. The molecule has 0 spiro atoms. The van der Waals surface area contributed by atoms with Crippen molar-refractivity contribution in [1.82, 2.24) is 5.32 Å². The van der Waals surface area contributed by atoms with Crippen LogP contribution in [0.2, 0.25) is 0 Å². The van der Waals surface area contributed by atoms with Crippen molar-refractivity contribution in [2.45, 2.75) is 6.54 Å². The lowest BCUT2D eigenvalue weighted by Gasteiger charge is -2.07. The number of aromatic hydroxyl groups is 1. The molecule has 0 bridgehead atoms. The maximum absolute atomic E-state index is 12.2. The second-order valence-corrected chi connectivity index (χ2v) is 5.19. The van der Waals surface area contributed by atoms with Crippen molar-refractivity contribution in [3.05, 3.63) is 69.3 Å². The van der Waals surface area contributed by atoms with Crippen LogP contribution in [0.1, 0.15) is 11.1 Å². The van der Waals surface area contributed by atoms with Gasteiger partial charge in [-0.15, -0.1) is 0 Å². The first-order valence-corrected chi connectivity index (χ1v) is 7.45. The molecule has 0 unspecified atom stereocenters. The van der Waals surface area contributed by atoms with Gasteiger partial charge in [0, 0.05) is 12.6 Å². The van der Waals surface area contributed by atoms with E-state index in [1.165, 1.54) is 19.3 Å². The van der Waals surface area contributed by atoms with Gasteiger partial charge in [0.05, 0.1) is 12.0 Å². The number of nitrogens with one attached hydrogen (secondary N) is 1.